The lowest BCUT2D eigenvalue weighted by Gasteiger charge is -2.11. The Kier molecular flexibility index (Phi) is 5.65. The van der Waals surface area contributed by atoms with E-state index in [2.05, 4.69) is 13.8 Å². The van der Waals surface area contributed by atoms with Gasteiger partial charge < -0.3 is 4.74 Å². The Bertz CT molecular complexity index is 398. The number of rotatable bonds is 6. The fraction of sp³-hybridized carbons (Fsp3) is 0.500. The summed E-state index contributed by atoms with van der Waals surface area (Å²) < 4.78 is 18.5. The summed E-state index contributed by atoms with van der Waals surface area (Å²) in [5.74, 6) is 0.170. The third kappa shape index (κ3) is 4.54. The zero-order valence-electron chi connectivity index (χ0n) is 10.4. The number of nitriles is 1. The minimum absolute atomic E-state index is 0.300. The number of ether oxygens (including phenoxy) is 1. The van der Waals surface area contributed by atoms with Gasteiger partial charge in [0.25, 0.3) is 0 Å². The summed E-state index contributed by atoms with van der Waals surface area (Å²) in [5.41, 5.74) is 1.10. The minimum atomic E-state index is -0.329. The van der Waals surface area contributed by atoms with Gasteiger partial charge in [-0.25, -0.2) is 4.39 Å². The van der Waals surface area contributed by atoms with E-state index in [-0.39, 0.29) is 5.82 Å². The first-order chi connectivity index (χ1) is 8.17. The molecule has 1 atom stereocenters. The summed E-state index contributed by atoms with van der Waals surface area (Å²) in [6, 6.07) is 6.19. The number of nitrogens with zero attached hydrogens (tertiary/aromatic N) is 1. The van der Waals surface area contributed by atoms with E-state index in [1.807, 2.05) is 6.07 Å². The smallest absolute Gasteiger partial charge is 0.123 e. The summed E-state index contributed by atoms with van der Waals surface area (Å²) in [6.07, 6.45) is 2.25. The van der Waals surface area contributed by atoms with Gasteiger partial charge in [0, 0.05) is 6.61 Å². The number of hydrogen-bond donors (Lipinski definition) is 0. The molecule has 0 aliphatic heterocycles. The van der Waals surface area contributed by atoms with Crippen molar-refractivity contribution in [3.63, 3.8) is 0 Å². The van der Waals surface area contributed by atoms with E-state index in [1.165, 1.54) is 18.2 Å². The van der Waals surface area contributed by atoms with Crippen molar-refractivity contribution in [2.75, 3.05) is 6.61 Å². The van der Waals surface area contributed by atoms with Gasteiger partial charge in [0.1, 0.15) is 5.82 Å². The largest absolute Gasteiger partial charge is 0.376 e. The maximum atomic E-state index is 13.0. The number of benzene rings is 1. The van der Waals surface area contributed by atoms with Crippen LogP contribution < -0.4 is 0 Å². The SMILES string of the molecule is CCCC(C)COCc1cc(F)ccc1C#N. The van der Waals surface area contributed by atoms with E-state index in [0.717, 1.165) is 12.8 Å². The summed E-state index contributed by atoms with van der Waals surface area (Å²) in [4.78, 5) is 0. The maximum absolute atomic E-state index is 13.0. The molecule has 0 bridgehead atoms. The molecule has 0 saturated heterocycles. The van der Waals surface area contributed by atoms with Crippen LogP contribution in [0.1, 0.15) is 37.8 Å². The van der Waals surface area contributed by atoms with Gasteiger partial charge in [-0.05, 0) is 36.1 Å². The Balaban J connectivity index is 2.51. The Morgan fingerprint density at radius 2 is 2.24 bits per heavy atom. The van der Waals surface area contributed by atoms with E-state index in [0.29, 0.717) is 30.3 Å². The Labute approximate surface area is 102 Å². The van der Waals surface area contributed by atoms with Gasteiger partial charge in [-0.15, -0.1) is 0 Å². The molecule has 0 aliphatic rings. The second-order valence-corrected chi connectivity index (χ2v) is 4.32. The molecule has 0 N–H and O–H groups in total. The van der Waals surface area contributed by atoms with Crippen molar-refractivity contribution < 1.29 is 9.13 Å². The monoisotopic (exact) mass is 235 g/mol. The molecule has 2 nitrogen and oxygen atoms in total. The van der Waals surface area contributed by atoms with E-state index < -0.39 is 0 Å². The Morgan fingerprint density at radius 3 is 2.88 bits per heavy atom. The highest BCUT2D eigenvalue weighted by Gasteiger charge is 2.05. The van der Waals surface area contributed by atoms with Gasteiger partial charge >= 0.3 is 0 Å². The molecular weight excluding hydrogens is 217 g/mol. The van der Waals surface area contributed by atoms with Crippen molar-refractivity contribution in [3.8, 4) is 6.07 Å². The predicted octanol–water partition coefficient (Wildman–Crippen LogP) is 3.65. The number of halogens is 1. The van der Waals surface area contributed by atoms with E-state index >= 15 is 0 Å². The third-order valence-electron chi connectivity index (χ3n) is 2.63. The topological polar surface area (TPSA) is 33.0 Å². The molecule has 0 spiro atoms. The molecule has 0 aliphatic carbocycles. The maximum Gasteiger partial charge on any atom is 0.123 e. The molecule has 0 heterocycles. The first-order valence-corrected chi connectivity index (χ1v) is 5.93. The lowest BCUT2D eigenvalue weighted by Crippen LogP contribution is -2.06. The second-order valence-electron chi connectivity index (χ2n) is 4.32. The van der Waals surface area contributed by atoms with Crippen molar-refractivity contribution in [3.05, 3.63) is 35.1 Å². The van der Waals surface area contributed by atoms with Crippen LogP contribution in [0.4, 0.5) is 4.39 Å². The van der Waals surface area contributed by atoms with Crippen molar-refractivity contribution in [1.29, 1.82) is 5.26 Å². The normalized spacial score (nSPS) is 12.1. The molecule has 3 heteroatoms. The molecule has 1 aromatic carbocycles. The summed E-state index contributed by atoms with van der Waals surface area (Å²) in [7, 11) is 0. The number of hydrogen-bond acceptors (Lipinski definition) is 2. The van der Waals surface area contributed by atoms with Gasteiger partial charge in [0.05, 0.1) is 18.2 Å². The average Bonchev–Trinajstić information content (AvgIpc) is 2.30. The lowest BCUT2D eigenvalue weighted by molar-refractivity contribution is 0.0890. The van der Waals surface area contributed by atoms with Gasteiger partial charge in [0.15, 0.2) is 0 Å². The zero-order valence-corrected chi connectivity index (χ0v) is 10.4. The molecule has 0 aromatic heterocycles. The van der Waals surface area contributed by atoms with E-state index in [9.17, 15) is 4.39 Å². The van der Waals surface area contributed by atoms with Crippen LogP contribution in [0, 0.1) is 23.1 Å². The van der Waals surface area contributed by atoms with Crippen molar-refractivity contribution in [2.45, 2.75) is 33.3 Å². The summed E-state index contributed by atoms with van der Waals surface area (Å²) >= 11 is 0. The third-order valence-corrected chi connectivity index (χ3v) is 2.63. The molecule has 0 fully saturated rings. The average molecular weight is 235 g/mol. The van der Waals surface area contributed by atoms with Gasteiger partial charge in [-0.1, -0.05) is 20.3 Å². The van der Waals surface area contributed by atoms with Crippen LogP contribution >= 0.6 is 0 Å². The standard InChI is InChI=1S/C14H18FNO/c1-3-4-11(2)9-17-10-13-7-14(15)6-5-12(13)8-16/h5-7,11H,3-4,9-10H2,1-2H3. The molecule has 92 valence electrons. The highest BCUT2D eigenvalue weighted by Crippen LogP contribution is 2.13. The van der Waals surface area contributed by atoms with Crippen LogP contribution in [0.5, 0.6) is 0 Å². The molecule has 1 rings (SSSR count). The van der Waals surface area contributed by atoms with Crippen LogP contribution in [0.2, 0.25) is 0 Å². The Hall–Kier alpha value is -1.40. The Morgan fingerprint density at radius 1 is 1.47 bits per heavy atom. The van der Waals surface area contributed by atoms with E-state index in [4.69, 9.17) is 10.00 Å². The predicted molar refractivity (Wildman–Crippen MR) is 64.8 cm³/mol. The summed E-state index contributed by atoms with van der Waals surface area (Å²) in [6.45, 7) is 5.21. The van der Waals surface area contributed by atoms with Crippen LogP contribution in [-0.4, -0.2) is 6.61 Å². The quantitative estimate of drug-likeness (QED) is 0.754. The van der Waals surface area contributed by atoms with Crippen LogP contribution in [0.3, 0.4) is 0 Å². The second kappa shape index (κ2) is 7.03. The molecule has 0 amide bonds. The van der Waals surface area contributed by atoms with Crippen LogP contribution in [0.25, 0.3) is 0 Å². The zero-order chi connectivity index (χ0) is 12.7. The highest BCUT2D eigenvalue weighted by atomic mass is 19.1. The van der Waals surface area contributed by atoms with Gasteiger partial charge in [-0.2, -0.15) is 5.26 Å². The summed E-state index contributed by atoms with van der Waals surface area (Å²) in [5, 5.41) is 8.87. The first kappa shape index (κ1) is 13.7. The highest BCUT2D eigenvalue weighted by molar-refractivity contribution is 5.37. The van der Waals surface area contributed by atoms with Crippen molar-refractivity contribution in [1.82, 2.24) is 0 Å². The minimum Gasteiger partial charge on any atom is -0.376 e. The van der Waals surface area contributed by atoms with Gasteiger partial charge in [0.2, 0.25) is 0 Å². The van der Waals surface area contributed by atoms with Crippen molar-refractivity contribution in [2.24, 2.45) is 5.92 Å². The van der Waals surface area contributed by atoms with Crippen molar-refractivity contribution >= 4 is 0 Å². The van der Waals surface area contributed by atoms with Gasteiger partial charge in [-0.3, -0.25) is 0 Å². The molecule has 0 radical (unpaired) electrons. The lowest BCUT2D eigenvalue weighted by atomic mass is 10.1. The molecular formula is C14H18FNO. The molecule has 0 saturated carbocycles. The first-order valence-electron chi connectivity index (χ1n) is 5.93. The van der Waals surface area contributed by atoms with E-state index in [1.54, 1.807) is 0 Å². The fourth-order valence-electron chi connectivity index (χ4n) is 1.74. The van der Waals surface area contributed by atoms with Crippen LogP contribution in [0.15, 0.2) is 18.2 Å². The van der Waals surface area contributed by atoms with Crippen LogP contribution in [-0.2, 0) is 11.3 Å². The fourth-order valence-corrected chi connectivity index (χ4v) is 1.74. The molecule has 1 aromatic rings. The molecule has 17 heavy (non-hydrogen) atoms. The molecule has 1 unspecified atom stereocenters.